The summed E-state index contributed by atoms with van der Waals surface area (Å²) in [6.07, 6.45) is 7.07. The Morgan fingerprint density at radius 2 is 2.35 bits per heavy atom. The molecule has 0 spiro atoms. The van der Waals surface area contributed by atoms with Gasteiger partial charge in [0.05, 0.1) is 5.69 Å². The fourth-order valence-corrected chi connectivity index (χ4v) is 3.16. The normalized spacial score (nSPS) is 17.2. The third-order valence-corrected chi connectivity index (χ3v) is 4.47. The van der Waals surface area contributed by atoms with Gasteiger partial charge in [0.25, 0.3) is 5.91 Å². The second kappa shape index (κ2) is 7.34. The van der Waals surface area contributed by atoms with Gasteiger partial charge in [0.2, 0.25) is 0 Å². The first-order valence-electron chi connectivity index (χ1n) is 8.53. The molecule has 1 saturated heterocycles. The number of nitrogens with one attached hydrogen (secondary N) is 1. The molecule has 1 amide bonds. The van der Waals surface area contributed by atoms with E-state index in [0.29, 0.717) is 12.3 Å². The molecule has 1 aliphatic heterocycles. The maximum atomic E-state index is 12.5. The number of hydrogen-bond acceptors (Lipinski definition) is 6. The van der Waals surface area contributed by atoms with E-state index in [0.717, 1.165) is 30.9 Å². The van der Waals surface area contributed by atoms with Crippen molar-refractivity contribution in [3.63, 3.8) is 0 Å². The fraction of sp³-hybridized carbons (Fsp3) is 0.353. The molecule has 4 rings (SSSR count). The number of rotatable bonds is 5. The summed E-state index contributed by atoms with van der Waals surface area (Å²) in [5.74, 6) is 1.78. The summed E-state index contributed by atoms with van der Waals surface area (Å²) >= 11 is 0. The van der Waals surface area contributed by atoms with Crippen LogP contribution in [0.25, 0.3) is 5.69 Å². The molecule has 1 N–H and O–H groups in total. The van der Waals surface area contributed by atoms with Gasteiger partial charge in [-0.05, 0) is 35.4 Å². The Hall–Kier alpha value is -3.23. The maximum absolute atomic E-state index is 12.5. The van der Waals surface area contributed by atoms with Crippen LogP contribution in [0.1, 0.15) is 24.6 Å². The van der Waals surface area contributed by atoms with E-state index in [1.165, 1.54) is 11.0 Å². The van der Waals surface area contributed by atoms with Gasteiger partial charge in [-0.1, -0.05) is 6.07 Å². The molecule has 3 heterocycles. The zero-order valence-electron chi connectivity index (χ0n) is 14.2. The molecule has 9 heteroatoms. The Labute approximate surface area is 150 Å². The number of likely N-dealkylation sites (tertiary alicyclic amines) is 1. The molecule has 0 aliphatic carbocycles. The smallest absolute Gasteiger partial charge is 0.260 e. The van der Waals surface area contributed by atoms with Gasteiger partial charge in [-0.15, -0.1) is 5.10 Å². The average Bonchev–Trinajstić information content (AvgIpc) is 3.40. The van der Waals surface area contributed by atoms with Crippen molar-refractivity contribution in [2.24, 2.45) is 0 Å². The molecular formula is C17H19N7O2. The van der Waals surface area contributed by atoms with E-state index >= 15 is 0 Å². The number of imidazole rings is 1. The van der Waals surface area contributed by atoms with Crippen molar-refractivity contribution in [1.29, 1.82) is 0 Å². The SMILES string of the molecule is O=C(COc1cccc(-n2cnnn2)c1)N1CCCC(c2ncc[nH]2)C1. The van der Waals surface area contributed by atoms with Crippen LogP contribution < -0.4 is 4.74 Å². The van der Waals surface area contributed by atoms with Crippen LogP contribution in [0.15, 0.2) is 43.0 Å². The van der Waals surface area contributed by atoms with Crippen molar-refractivity contribution in [1.82, 2.24) is 35.1 Å². The summed E-state index contributed by atoms with van der Waals surface area (Å²) in [6, 6.07) is 7.31. The number of aromatic nitrogens is 6. The quantitative estimate of drug-likeness (QED) is 0.739. The van der Waals surface area contributed by atoms with Gasteiger partial charge in [0.1, 0.15) is 17.9 Å². The minimum Gasteiger partial charge on any atom is -0.484 e. The van der Waals surface area contributed by atoms with Crippen LogP contribution in [0, 0.1) is 0 Å². The predicted molar refractivity (Wildman–Crippen MR) is 91.8 cm³/mol. The van der Waals surface area contributed by atoms with E-state index in [4.69, 9.17) is 4.74 Å². The van der Waals surface area contributed by atoms with Gasteiger partial charge in [-0.3, -0.25) is 4.79 Å². The lowest BCUT2D eigenvalue weighted by Gasteiger charge is -2.31. The number of piperidine rings is 1. The largest absolute Gasteiger partial charge is 0.484 e. The van der Waals surface area contributed by atoms with Crippen LogP contribution in [0.4, 0.5) is 0 Å². The first-order chi connectivity index (χ1) is 12.8. The molecule has 3 aromatic rings. The second-order valence-corrected chi connectivity index (χ2v) is 6.19. The number of nitrogens with zero attached hydrogens (tertiary/aromatic N) is 6. The van der Waals surface area contributed by atoms with Crippen molar-refractivity contribution < 1.29 is 9.53 Å². The molecule has 9 nitrogen and oxygen atoms in total. The van der Waals surface area contributed by atoms with E-state index in [1.807, 2.05) is 29.3 Å². The molecule has 26 heavy (non-hydrogen) atoms. The minimum absolute atomic E-state index is 0.00390. The van der Waals surface area contributed by atoms with Gasteiger partial charge in [0, 0.05) is 37.5 Å². The van der Waals surface area contributed by atoms with Crippen molar-refractivity contribution in [2.75, 3.05) is 19.7 Å². The van der Waals surface area contributed by atoms with Crippen LogP contribution in [-0.2, 0) is 4.79 Å². The molecule has 0 saturated carbocycles. The lowest BCUT2D eigenvalue weighted by molar-refractivity contribution is -0.134. The van der Waals surface area contributed by atoms with Crippen LogP contribution in [0.3, 0.4) is 0 Å². The van der Waals surface area contributed by atoms with E-state index < -0.39 is 0 Å². The Morgan fingerprint density at radius 3 is 3.15 bits per heavy atom. The van der Waals surface area contributed by atoms with Crippen molar-refractivity contribution in [3.05, 3.63) is 48.8 Å². The molecule has 134 valence electrons. The summed E-state index contributed by atoms with van der Waals surface area (Å²) in [5.41, 5.74) is 0.774. The lowest BCUT2D eigenvalue weighted by atomic mass is 9.97. The number of amides is 1. The number of aromatic amines is 1. The zero-order chi connectivity index (χ0) is 17.8. The van der Waals surface area contributed by atoms with Crippen molar-refractivity contribution in [3.8, 4) is 11.4 Å². The Morgan fingerprint density at radius 1 is 1.38 bits per heavy atom. The van der Waals surface area contributed by atoms with E-state index in [-0.39, 0.29) is 18.4 Å². The number of H-pyrrole nitrogens is 1. The number of carbonyl (C=O) groups is 1. The van der Waals surface area contributed by atoms with Crippen molar-refractivity contribution >= 4 is 5.91 Å². The Kier molecular flexibility index (Phi) is 4.59. The van der Waals surface area contributed by atoms with Gasteiger partial charge < -0.3 is 14.6 Å². The lowest BCUT2D eigenvalue weighted by Crippen LogP contribution is -2.41. The predicted octanol–water partition coefficient (Wildman–Crippen LogP) is 1.17. The van der Waals surface area contributed by atoms with Crippen LogP contribution in [-0.4, -0.2) is 60.7 Å². The van der Waals surface area contributed by atoms with Crippen LogP contribution >= 0.6 is 0 Å². The highest BCUT2D eigenvalue weighted by atomic mass is 16.5. The summed E-state index contributed by atoms with van der Waals surface area (Å²) in [5, 5.41) is 11.1. The molecule has 1 aromatic carbocycles. The van der Waals surface area contributed by atoms with Crippen molar-refractivity contribution in [2.45, 2.75) is 18.8 Å². The minimum atomic E-state index is -0.0194. The van der Waals surface area contributed by atoms with E-state index in [2.05, 4.69) is 25.5 Å². The molecule has 0 radical (unpaired) electrons. The molecule has 1 unspecified atom stereocenters. The Balaban J connectivity index is 1.36. The topological polar surface area (TPSA) is 102 Å². The highest BCUT2D eigenvalue weighted by Crippen LogP contribution is 2.24. The molecular weight excluding hydrogens is 334 g/mol. The average molecular weight is 353 g/mol. The summed E-state index contributed by atoms with van der Waals surface area (Å²) < 4.78 is 7.22. The molecule has 1 fully saturated rings. The number of ether oxygens (including phenoxy) is 1. The highest BCUT2D eigenvalue weighted by molar-refractivity contribution is 5.78. The fourth-order valence-electron chi connectivity index (χ4n) is 3.16. The second-order valence-electron chi connectivity index (χ2n) is 6.19. The third-order valence-electron chi connectivity index (χ3n) is 4.47. The third kappa shape index (κ3) is 3.56. The highest BCUT2D eigenvalue weighted by Gasteiger charge is 2.26. The monoisotopic (exact) mass is 353 g/mol. The number of carbonyl (C=O) groups excluding carboxylic acids is 1. The number of tetrazole rings is 1. The molecule has 0 bridgehead atoms. The zero-order valence-corrected chi connectivity index (χ0v) is 14.2. The van der Waals surface area contributed by atoms with Gasteiger partial charge in [-0.25, -0.2) is 9.67 Å². The van der Waals surface area contributed by atoms with Gasteiger partial charge in [0.15, 0.2) is 6.61 Å². The number of benzene rings is 1. The van der Waals surface area contributed by atoms with Gasteiger partial charge >= 0.3 is 0 Å². The molecule has 1 aliphatic rings. The Bertz CT molecular complexity index is 848. The van der Waals surface area contributed by atoms with E-state index in [9.17, 15) is 4.79 Å². The van der Waals surface area contributed by atoms with Crippen LogP contribution in [0.2, 0.25) is 0 Å². The summed E-state index contributed by atoms with van der Waals surface area (Å²) in [4.78, 5) is 21.8. The molecule has 2 aromatic heterocycles. The first kappa shape index (κ1) is 16.2. The summed E-state index contributed by atoms with van der Waals surface area (Å²) in [7, 11) is 0. The first-order valence-corrected chi connectivity index (χ1v) is 8.53. The summed E-state index contributed by atoms with van der Waals surface area (Å²) in [6.45, 7) is 1.42. The molecule has 1 atom stereocenters. The van der Waals surface area contributed by atoms with E-state index in [1.54, 1.807) is 12.3 Å². The standard InChI is InChI=1S/C17H19N7O2/c25-16(23-8-2-3-13(10-23)17-18-6-7-19-17)11-26-15-5-1-4-14(9-15)24-12-20-21-22-24/h1,4-7,9,12-13H,2-3,8,10-11H2,(H,18,19). The van der Waals surface area contributed by atoms with Gasteiger partial charge in [-0.2, -0.15) is 0 Å². The van der Waals surface area contributed by atoms with Crippen LogP contribution in [0.5, 0.6) is 5.75 Å². The maximum Gasteiger partial charge on any atom is 0.260 e. The number of hydrogen-bond donors (Lipinski definition) is 1.